The molecule has 7 nitrogen and oxygen atoms in total. The summed E-state index contributed by atoms with van der Waals surface area (Å²) in [5, 5.41) is 0. The molecule has 0 aliphatic rings. The number of benzene rings is 1. The van der Waals surface area contributed by atoms with Crippen LogP contribution in [0.4, 0.5) is 0 Å². The monoisotopic (exact) mass is 282 g/mol. The van der Waals surface area contributed by atoms with Gasteiger partial charge in [0, 0.05) is 12.0 Å². The van der Waals surface area contributed by atoms with Gasteiger partial charge < -0.3 is 14.2 Å². The van der Waals surface area contributed by atoms with Crippen molar-refractivity contribution in [2.45, 2.75) is 13.3 Å². The van der Waals surface area contributed by atoms with Gasteiger partial charge in [-0.1, -0.05) is 6.92 Å². The van der Waals surface area contributed by atoms with Gasteiger partial charge in [-0.15, -0.1) is 0 Å². The second-order valence-corrected chi connectivity index (χ2v) is 3.77. The highest BCUT2D eigenvalue weighted by atomic mass is 16.5. The summed E-state index contributed by atoms with van der Waals surface area (Å²) < 4.78 is 15.4. The summed E-state index contributed by atoms with van der Waals surface area (Å²) in [5.74, 6) is 0.346. The molecule has 0 fully saturated rings. The molecule has 0 radical (unpaired) electrons. The Morgan fingerprint density at radius 2 is 1.55 bits per heavy atom. The Morgan fingerprint density at radius 1 is 1.00 bits per heavy atom. The molecule has 0 heterocycles. The Balaban J connectivity index is 3.00. The number of methoxy groups -OCH3 is 3. The van der Waals surface area contributed by atoms with Crippen molar-refractivity contribution in [3.05, 3.63) is 17.7 Å². The first-order valence-electron chi connectivity index (χ1n) is 5.96. The normalized spacial score (nSPS) is 9.60. The largest absolute Gasteiger partial charge is 0.493 e. The maximum absolute atomic E-state index is 11.9. The van der Waals surface area contributed by atoms with Gasteiger partial charge in [0.25, 0.3) is 5.91 Å². The van der Waals surface area contributed by atoms with E-state index >= 15 is 0 Å². The quantitative estimate of drug-likeness (QED) is 0.783. The van der Waals surface area contributed by atoms with Crippen LogP contribution in [0.1, 0.15) is 23.7 Å². The van der Waals surface area contributed by atoms with Crippen molar-refractivity contribution in [2.24, 2.45) is 0 Å². The molecule has 0 saturated carbocycles. The molecule has 2 N–H and O–H groups in total. The lowest BCUT2D eigenvalue weighted by molar-refractivity contribution is -0.121. The van der Waals surface area contributed by atoms with Crippen LogP contribution >= 0.6 is 0 Å². The number of hydrogen-bond donors (Lipinski definition) is 2. The van der Waals surface area contributed by atoms with Gasteiger partial charge >= 0.3 is 0 Å². The number of carbonyl (C=O) groups excluding carboxylic acids is 2. The van der Waals surface area contributed by atoms with Crippen molar-refractivity contribution in [3.8, 4) is 17.2 Å². The molecule has 0 aliphatic carbocycles. The number of hydrogen-bond acceptors (Lipinski definition) is 5. The van der Waals surface area contributed by atoms with E-state index in [0.29, 0.717) is 17.2 Å². The van der Waals surface area contributed by atoms with E-state index in [-0.39, 0.29) is 17.9 Å². The van der Waals surface area contributed by atoms with Gasteiger partial charge in [-0.3, -0.25) is 20.4 Å². The molecule has 2 amide bonds. The van der Waals surface area contributed by atoms with Crippen LogP contribution in [0.25, 0.3) is 0 Å². The van der Waals surface area contributed by atoms with Gasteiger partial charge in [0.2, 0.25) is 11.7 Å². The van der Waals surface area contributed by atoms with Crippen molar-refractivity contribution >= 4 is 11.8 Å². The van der Waals surface area contributed by atoms with Crippen molar-refractivity contribution in [1.29, 1.82) is 0 Å². The minimum absolute atomic E-state index is 0.273. The summed E-state index contributed by atoms with van der Waals surface area (Å²) in [6.45, 7) is 1.68. The molecule has 20 heavy (non-hydrogen) atoms. The first kappa shape index (κ1) is 15.6. The van der Waals surface area contributed by atoms with Crippen LogP contribution in [0.5, 0.6) is 17.2 Å². The third-order valence-electron chi connectivity index (χ3n) is 2.56. The van der Waals surface area contributed by atoms with Crippen LogP contribution in [0.3, 0.4) is 0 Å². The van der Waals surface area contributed by atoms with E-state index in [1.165, 1.54) is 33.5 Å². The molecule has 1 aromatic rings. The number of nitrogens with one attached hydrogen (secondary N) is 2. The van der Waals surface area contributed by atoms with Crippen molar-refractivity contribution < 1.29 is 23.8 Å². The first-order chi connectivity index (χ1) is 9.57. The standard InChI is InChI=1S/C13H18N2O5/c1-5-11(16)14-15-13(17)8-6-9(18-2)12(20-4)10(7-8)19-3/h6-7H,5H2,1-4H3,(H,14,16)(H,15,17). The van der Waals surface area contributed by atoms with Gasteiger partial charge in [0.05, 0.1) is 21.3 Å². The van der Waals surface area contributed by atoms with E-state index in [1.807, 2.05) is 0 Å². The molecular weight excluding hydrogens is 264 g/mol. The lowest BCUT2D eigenvalue weighted by Gasteiger charge is -2.14. The molecule has 0 saturated heterocycles. The minimum atomic E-state index is -0.481. The van der Waals surface area contributed by atoms with Gasteiger partial charge in [-0.05, 0) is 12.1 Å². The number of amides is 2. The molecule has 110 valence electrons. The fourth-order valence-corrected chi connectivity index (χ4v) is 1.50. The van der Waals surface area contributed by atoms with E-state index in [0.717, 1.165) is 0 Å². The van der Waals surface area contributed by atoms with Crippen LogP contribution in [-0.2, 0) is 4.79 Å². The minimum Gasteiger partial charge on any atom is -0.493 e. The van der Waals surface area contributed by atoms with Crippen molar-refractivity contribution in [3.63, 3.8) is 0 Å². The summed E-state index contributed by atoms with van der Waals surface area (Å²) in [6, 6.07) is 2.99. The zero-order valence-electron chi connectivity index (χ0n) is 11.9. The van der Waals surface area contributed by atoms with Gasteiger partial charge in [0.1, 0.15) is 0 Å². The van der Waals surface area contributed by atoms with E-state index in [4.69, 9.17) is 14.2 Å². The Kier molecular flexibility index (Phi) is 5.64. The van der Waals surface area contributed by atoms with Gasteiger partial charge in [0.15, 0.2) is 11.5 Å². The summed E-state index contributed by atoms with van der Waals surface area (Å²) in [4.78, 5) is 23.0. The van der Waals surface area contributed by atoms with Crippen LogP contribution in [0.15, 0.2) is 12.1 Å². The van der Waals surface area contributed by atoms with Crippen LogP contribution in [0.2, 0.25) is 0 Å². The highest BCUT2D eigenvalue weighted by Gasteiger charge is 2.17. The molecule has 0 aromatic heterocycles. The fraction of sp³-hybridized carbons (Fsp3) is 0.385. The topological polar surface area (TPSA) is 85.9 Å². The Hall–Kier alpha value is -2.44. The highest BCUT2D eigenvalue weighted by Crippen LogP contribution is 2.38. The molecular formula is C13H18N2O5. The molecule has 1 aromatic carbocycles. The molecule has 0 atom stereocenters. The maximum atomic E-state index is 11.9. The Bertz CT molecular complexity index is 477. The van der Waals surface area contributed by atoms with E-state index < -0.39 is 5.91 Å². The molecule has 7 heteroatoms. The second-order valence-electron chi connectivity index (χ2n) is 3.77. The summed E-state index contributed by atoms with van der Waals surface area (Å²) in [7, 11) is 4.39. The molecule has 0 aliphatic heterocycles. The number of ether oxygens (including phenoxy) is 3. The molecule has 0 spiro atoms. The summed E-state index contributed by atoms with van der Waals surface area (Å²) >= 11 is 0. The van der Waals surface area contributed by atoms with Gasteiger partial charge in [-0.25, -0.2) is 0 Å². The Labute approximate surface area is 117 Å². The predicted octanol–water partition coefficient (Wildman–Crippen LogP) is 0.883. The summed E-state index contributed by atoms with van der Waals surface area (Å²) in [6.07, 6.45) is 0.273. The van der Waals surface area contributed by atoms with Crippen molar-refractivity contribution in [1.82, 2.24) is 10.9 Å². The second kappa shape index (κ2) is 7.22. The zero-order valence-corrected chi connectivity index (χ0v) is 11.9. The number of rotatable bonds is 5. The van der Waals surface area contributed by atoms with E-state index in [2.05, 4.69) is 10.9 Å². The molecule has 0 unspecified atom stereocenters. The third kappa shape index (κ3) is 3.53. The van der Waals surface area contributed by atoms with Gasteiger partial charge in [-0.2, -0.15) is 0 Å². The smallest absolute Gasteiger partial charge is 0.269 e. The fourth-order valence-electron chi connectivity index (χ4n) is 1.50. The maximum Gasteiger partial charge on any atom is 0.269 e. The van der Waals surface area contributed by atoms with E-state index in [9.17, 15) is 9.59 Å². The van der Waals surface area contributed by atoms with Crippen LogP contribution in [-0.4, -0.2) is 33.1 Å². The SMILES string of the molecule is CCC(=O)NNC(=O)c1cc(OC)c(OC)c(OC)c1. The number of hydrazine groups is 1. The molecule has 0 bridgehead atoms. The predicted molar refractivity (Wildman–Crippen MR) is 72.0 cm³/mol. The van der Waals surface area contributed by atoms with Crippen LogP contribution < -0.4 is 25.1 Å². The van der Waals surface area contributed by atoms with E-state index in [1.54, 1.807) is 6.92 Å². The average molecular weight is 282 g/mol. The zero-order chi connectivity index (χ0) is 15.1. The highest BCUT2D eigenvalue weighted by molar-refractivity contribution is 5.96. The van der Waals surface area contributed by atoms with Crippen LogP contribution in [0, 0.1) is 0 Å². The lowest BCUT2D eigenvalue weighted by atomic mass is 10.1. The van der Waals surface area contributed by atoms with Crippen molar-refractivity contribution in [2.75, 3.05) is 21.3 Å². The Morgan fingerprint density at radius 3 is 1.95 bits per heavy atom. The lowest BCUT2D eigenvalue weighted by Crippen LogP contribution is -2.41. The third-order valence-corrected chi connectivity index (χ3v) is 2.56. The number of carbonyl (C=O) groups is 2. The summed E-state index contributed by atoms with van der Waals surface area (Å²) in [5.41, 5.74) is 4.86. The average Bonchev–Trinajstić information content (AvgIpc) is 2.50. The first-order valence-corrected chi connectivity index (χ1v) is 5.96. The molecule has 1 rings (SSSR count).